The fraction of sp³-hybridized carbons (Fsp3) is 0.208. The molecule has 0 aliphatic carbocycles. The Morgan fingerprint density at radius 1 is 1.12 bits per heavy atom. The molecule has 1 atom stereocenters. The predicted octanol–water partition coefficient (Wildman–Crippen LogP) is 3.23. The van der Waals surface area contributed by atoms with Gasteiger partial charge in [0.25, 0.3) is 5.91 Å². The van der Waals surface area contributed by atoms with Crippen molar-refractivity contribution >= 4 is 45.0 Å². The van der Waals surface area contributed by atoms with Crippen LogP contribution in [0.4, 0.5) is 11.4 Å². The fourth-order valence-corrected chi connectivity index (χ4v) is 3.85. The van der Waals surface area contributed by atoms with Gasteiger partial charge in [-0.1, -0.05) is 34.1 Å². The number of nitrogens with zero attached hydrogens (tertiary/aromatic N) is 1. The van der Waals surface area contributed by atoms with E-state index in [1.54, 1.807) is 35.2 Å². The number of hydrogen-bond donors (Lipinski definition) is 3. The molecule has 1 fully saturated rings. The molecule has 1 aromatic heterocycles. The molecule has 4 rings (SSSR count). The molecule has 2 aromatic carbocycles. The summed E-state index contributed by atoms with van der Waals surface area (Å²) < 4.78 is 11.6. The van der Waals surface area contributed by atoms with E-state index in [0.717, 1.165) is 10.2 Å². The van der Waals surface area contributed by atoms with Crippen LogP contribution >= 0.6 is 15.9 Å². The number of hydrogen-bond acceptors (Lipinski definition) is 6. The first kappa shape index (κ1) is 23.4. The average Bonchev–Trinajstić information content (AvgIpc) is 3.51. The number of anilines is 2. The second kappa shape index (κ2) is 10.9. The lowest BCUT2D eigenvalue weighted by atomic mass is 10.1. The van der Waals surface area contributed by atoms with E-state index in [-0.39, 0.29) is 37.3 Å². The smallest absolute Gasteiger partial charge is 0.258 e. The number of carbonyl (C=O) groups excluding carboxylic acids is 3. The van der Waals surface area contributed by atoms with Gasteiger partial charge in [0.15, 0.2) is 6.61 Å². The third kappa shape index (κ3) is 5.96. The summed E-state index contributed by atoms with van der Waals surface area (Å²) >= 11 is 3.39. The molecule has 1 saturated heterocycles. The van der Waals surface area contributed by atoms with Gasteiger partial charge >= 0.3 is 0 Å². The monoisotopic (exact) mass is 526 g/mol. The van der Waals surface area contributed by atoms with Crippen LogP contribution in [0.1, 0.15) is 12.2 Å². The number of ether oxygens (including phenoxy) is 1. The van der Waals surface area contributed by atoms with Crippen molar-refractivity contribution in [2.75, 3.05) is 23.5 Å². The van der Waals surface area contributed by atoms with Gasteiger partial charge < -0.3 is 19.4 Å². The summed E-state index contributed by atoms with van der Waals surface area (Å²) in [4.78, 5) is 38.8. The first-order valence-corrected chi connectivity index (χ1v) is 11.4. The Morgan fingerprint density at radius 3 is 2.71 bits per heavy atom. The Hall–Kier alpha value is -3.79. The van der Waals surface area contributed by atoms with Crippen LogP contribution in [0, 0.1) is 5.92 Å². The van der Waals surface area contributed by atoms with E-state index in [9.17, 15) is 14.4 Å². The molecule has 1 aliphatic rings. The quantitative estimate of drug-likeness (QED) is 0.369. The number of benzene rings is 2. The van der Waals surface area contributed by atoms with Crippen molar-refractivity contribution in [1.29, 1.82) is 0 Å². The van der Waals surface area contributed by atoms with Gasteiger partial charge in [-0.25, -0.2) is 0 Å². The normalized spacial score (nSPS) is 15.1. The first-order chi connectivity index (χ1) is 16.5. The van der Waals surface area contributed by atoms with E-state index in [4.69, 9.17) is 9.15 Å². The minimum absolute atomic E-state index is 0.0987. The first-order valence-electron chi connectivity index (χ1n) is 10.6. The minimum atomic E-state index is -0.496. The second-order valence-corrected chi connectivity index (χ2v) is 8.56. The van der Waals surface area contributed by atoms with Crippen molar-refractivity contribution in [2.45, 2.75) is 13.0 Å². The van der Waals surface area contributed by atoms with Gasteiger partial charge in [-0.05, 0) is 42.5 Å². The Kier molecular flexibility index (Phi) is 7.48. The summed E-state index contributed by atoms with van der Waals surface area (Å²) in [7, 11) is 0. The summed E-state index contributed by atoms with van der Waals surface area (Å²) in [6.45, 7) is 0.346. The third-order valence-electron chi connectivity index (χ3n) is 5.22. The number of nitrogens with one attached hydrogen (secondary N) is 3. The van der Waals surface area contributed by atoms with Crippen LogP contribution in [0.25, 0.3) is 0 Å². The van der Waals surface area contributed by atoms with Gasteiger partial charge in [-0.15, -0.1) is 0 Å². The Labute approximate surface area is 204 Å². The highest BCUT2D eigenvalue weighted by Crippen LogP contribution is 2.28. The SMILES string of the molecule is O=C(COc1ccc(Br)cc1NNC(=O)[C@@H]1CC(=O)N(c2ccccc2)C1)NCc1ccco1. The van der Waals surface area contributed by atoms with Crippen molar-refractivity contribution < 1.29 is 23.5 Å². The molecule has 3 N–H and O–H groups in total. The zero-order valence-corrected chi connectivity index (χ0v) is 19.7. The van der Waals surface area contributed by atoms with Crippen LogP contribution in [0.5, 0.6) is 5.75 Å². The van der Waals surface area contributed by atoms with E-state index in [2.05, 4.69) is 32.1 Å². The molecule has 0 saturated carbocycles. The van der Waals surface area contributed by atoms with Crippen LogP contribution < -0.4 is 25.8 Å². The third-order valence-corrected chi connectivity index (χ3v) is 5.72. The van der Waals surface area contributed by atoms with Crippen LogP contribution in [-0.2, 0) is 20.9 Å². The number of halogens is 1. The van der Waals surface area contributed by atoms with E-state index in [0.29, 0.717) is 23.7 Å². The molecule has 0 radical (unpaired) electrons. The highest BCUT2D eigenvalue weighted by Gasteiger charge is 2.35. The summed E-state index contributed by atoms with van der Waals surface area (Å²) in [6.07, 6.45) is 1.66. The summed E-state index contributed by atoms with van der Waals surface area (Å²) in [5.74, 6) is -0.209. The largest absolute Gasteiger partial charge is 0.482 e. The minimum Gasteiger partial charge on any atom is -0.482 e. The standard InChI is InChI=1S/C24H23BrN4O5/c25-17-8-9-21(34-15-22(30)26-13-19-7-4-10-33-19)20(12-17)27-28-24(32)16-11-23(31)29(14-16)18-5-2-1-3-6-18/h1-10,12,16,27H,11,13-15H2,(H,26,30)(H,28,32)/t16-/m1/s1. The van der Waals surface area contributed by atoms with Crippen molar-refractivity contribution in [3.05, 3.63) is 77.2 Å². The van der Waals surface area contributed by atoms with Crippen LogP contribution in [-0.4, -0.2) is 30.9 Å². The highest BCUT2D eigenvalue weighted by atomic mass is 79.9. The molecule has 0 spiro atoms. The van der Waals surface area contributed by atoms with Crippen molar-refractivity contribution in [2.24, 2.45) is 5.92 Å². The number of carbonyl (C=O) groups is 3. The van der Waals surface area contributed by atoms with Gasteiger partial charge in [0.05, 0.1) is 24.4 Å². The van der Waals surface area contributed by atoms with Gasteiger partial charge in [-0.2, -0.15) is 0 Å². The van der Waals surface area contributed by atoms with Crippen molar-refractivity contribution in [3.8, 4) is 5.75 Å². The lowest BCUT2D eigenvalue weighted by molar-refractivity contribution is -0.126. The van der Waals surface area contributed by atoms with Gasteiger partial charge in [0.2, 0.25) is 11.8 Å². The summed E-state index contributed by atoms with van der Waals surface area (Å²) in [5.41, 5.74) is 6.73. The number of furan rings is 1. The van der Waals surface area contributed by atoms with Crippen LogP contribution in [0.15, 0.2) is 75.8 Å². The average molecular weight is 527 g/mol. The van der Waals surface area contributed by atoms with Crippen LogP contribution in [0.3, 0.4) is 0 Å². The molecule has 0 unspecified atom stereocenters. The number of amides is 3. The topological polar surface area (TPSA) is 113 Å². The molecular formula is C24H23BrN4O5. The second-order valence-electron chi connectivity index (χ2n) is 7.64. The maximum atomic E-state index is 12.7. The summed E-state index contributed by atoms with van der Waals surface area (Å²) in [5, 5.41) is 2.70. The molecule has 34 heavy (non-hydrogen) atoms. The number of rotatable bonds is 9. The molecule has 3 aromatic rings. The maximum absolute atomic E-state index is 12.7. The molecular weight excluding hydrogens is 504 g/mol. The zero-order valence-electron chi connectivity index (χ0n) is 18.1. The number of hydrazine groups is 1. The highest BCUT2D eigenvalue weighted by molar-refractivity contribution is 9.10. The van der Waals surface area contributed by atoms with Crippen molar-refractivity contribution in [1.82, 2.24) is 10.7 Å². The Balaban J connectivity index is 1.31. The molecule has 2 heterocycles. The van der Waals surface area contributed by atoms with E-state index < -0.39 is 5.92 Å². The predicted molar refractivity (Wildman–Crippen MR) is 129 cm³/mol. The molecule has 176 valence electrons. The van der Waals surface area contributed by atoms with Crippen LogP contribution in [0.2, 0.25) is 0 Å². The maximum Gasteiger partial charge on any atom is 0.258 e. The fourth-order valence-electron chi connectivity index (χ4n) is 3.49. The lowest BCUT2D eigenvalue weighted by Gasteiger charge is -2.18. The lowest BCUT2D eigenvalue weighted by Crippen LogP contribution is -2.36. The Bertz CT molecular complexity index is 1150. The van der Waals surface area contributed by atoms with Gasteiger partial charge in [0, 0.05) is 23.1 Å². The van der Waals surface area contributed by atoms with Crippen molar-refractivity contribution in [3.63, 3.8) is 0 Å². The number of para-hydroxylation sites is 1. The molecule has 10 heteroatoms. The van der Waals surface area contributed by atoms with Gasteiger partial charge in [0.1, 0.15) is 11.5 Å². The van der Waals surface area contributed by atoms with E-state index >= 15 is 0 Å². The zero-order chi connectivity index (χ0) is 23.9. The molecule has 9 nitrogen and oxygen atoms in total. The summed E-state index contributed by atoms with van der Waals surface area (Å²) in [6, 6.07) is 17.9. The molecule has 3 amide bonds. The molecule has 1 aliphatic heterocycles. The van der Waals surface area contributed by atoms with E-state index in [1.165, 1.54) is 6.26 Å². The van der Waals surface area contributed by atoms with E-state index in [1.807, 2.05) is 30.3 Å². The molecule has 0 bridgehead atoms. The van der Waals surface area contributed by atoms with Gasteiger partial charge in [-0.3, -0.25) is 25.2 Å². The Morgan fingerprint density at radius 2 is 1.94 bits per heavy atom.